The number of aliphatic carboxylic acids is 2. The molecule has 188 valence electrons. The Morgan fingerprint density at radius 3 is 1.97 bits per heavy atom. The van der Waals surface area contributed by atoms with Crippen LogP contribution < -0.4 is 21.5 Å². The summed E-state index contributed by atoms with van der Waals surface area (Å²) in [6, 6.07) is 10.9. The molecule has 2 aromatic carbocycles. The first-order chi connectivity index (χ1) is 16.2. The van der Waals surface area contributed by atoms with Gasteiger partial charge < -0.3 is 31.7 Å². The number of amides is 2. The number of nitrogens with one attached hydrogen (secondary N) is 2. The van der Waals surface area contributed by atoms with E-state index in [0.717, 1.165) is 0 Å². The van der Waals surface area contributed by atoms with E-state index in [9.17, 15) is 32.7 Å². The average molecular weight is 498 g/mol. The number of halogens is 3. The lowest BCUT2D eigenvalue weighted by atomic mass is 10.1. The zero-order valence-corrected chi connectivity index (χ0v) is 17.8. The second-order valence-corrected chi connectivity index (χ2v) is 6.69. The average Bonchev–Trinajstić information content (AvgIpc) is 2.78. The highest BCUT2D eigenvalue weighted by Crippen LogP contribution is 2.14. The summed E-state index contributed by atoms with van der Waals surface area (Å²) in [7, 11) is 0. The number of rotatable bonds is 9. The van der Waals surface area contributed by atoms with Gasteiger partial charge >= 0.3 is 18.1 Å². The number of hydrogen-bond donors (Lipinski definition) is 6. The second kappa shape index (κ2) is 12.6. The van der Waals surface area contributed by atoms with Crippen LogP contribution in [0, 0.1) is 5.41 Å². The van der Waals surface area contributed by atoms with E-state index in [4.69, 9.17) is 31.5 Å². The summed E-state index contributed by atoms with van der Waals surface area (Å²) in [5.41, 5.74) is 11.5. The van der Waals surface area contributed by atoms with E-state index in [2.05, 4.69) is 5.32 Å². The van der Waals surface area contributed by atoms with Gasteiger partial charge in [0, 0.05) is 23.1 Å². The van der Waals surface area contributed by atoms with Crippen LogP contribution in [0.4, 0.5) is 13.2 Å². The van der Waals surface area contributed by atoms with Crippen molar-refractivity contribution >= 4 is 29.6 Å². The Morgan fingerprint density at radius 1 is 0.971 bits per heavy atom. The number of benzene rings is 2. The molecule has 2 amide bonds. The van der Waals surface area contributed by atoms with E-state index in [-0.39, 0.29) is 30.0 Å². The molecule has 14 heteroatoms. The van der Waals surface area contributed by atoms with Crippen molar-refractivity contribution in [1.29, 1.82) is 5.41 Å². The number of carboxylic acids is 2. The molecular formula is C21H21F3N4O7. The number of amidine groups is 1. The van der Waals surface area contributed by atoms with Crippen LogP contribution in [0.1, 0.15) is 32.7 Å². The third kappa shape index (κ3) is 9.81. The molecule has 0 aliphatic rings. The normalized spacial score (nSPS) is 11.3. The maximum absolute atomic E-state index is 12.2. The Kier molecular flexibility index (Phi) is 10.2. The van der Waals surface area contributed by atoms with Crippen molar-refractivity contribution in [2.24, 2.45) is 11.5 Å². The van der Waals surface area contributed by atoms with Crippen molar-refractivity contribution in [3.63, 3.8) is 0 Å². The van der Waals surface area contributed by atoms with Crippen LogP contribution in [0.2, 0.25) is 0 Å². The Hall–Kier alpha value is -4.62. The van der Waals surface area contributed by atoms with Crippen molar-refractivity contribution < 1.29 is 47.3 Å². The minimum atomic E-state index is -5.08. The van der Waals surface area contributed by atoms with Gasteiger partial charge in [0.1, 0.15) is 17.6 Å². The fourth-order valence-electron chi connectivity index (χ4n) is 2.33. The lowest BCUT2D eigenvalue weighted by Crippen LogP contribution is -2.41. The third-order valence-corrected chi connectivity index (χ3v) is 4.10. The van der Waals surface area contributed by atoms with Crippen LogP contribution in [-0.2, 0) is 9.59 Å². The fraction of sp³-hybridized carbons (Fsp3) is 0.190. The molecule has 0 fully saturated rings. The summed E-state index contributed by atoms with van der Waals surface area (Å²) >= 11 is 0. The van der Waals surface area contributed by atoms with Gasteiger partial charge in [0.2, 0.25) is 5.91 Å². The lowest BCUT2D eigenvalue weighted by Gasteiger charge is -2.15. The van der Waals surface area contributed by atoms with Gasteiger partial charge in [-0.05, 0) is 36.4 Å². The van der Waals surface area contributed by atoms with Crippen molar-refractivity contribution in [1.82, 2.24) is 5.32 Å². The molecule has 2 aromatic rings. The maximum atomic E-state index is 12.2. The van der Waals surface area contributed by atoms with Crippen LogP contribution in [0.3, 0.4) is 0 Å². The van der Waals surface area contributed by atoms with Gasteiger partial charge in [0.15, 0.2) is 0 Å². The van der Waals surface area contributed by atoms with Gasteiger partial charge in [0.25, 0.3) is 5.91 Å². The number of primary amides is 1. The van der Waals surface area contributed by atoms with Gasteiger partial charge in [-0.15, -0.1) is 0 Å². The van der Waals surface area contributed by atoms with Crippen molar-refractivity contribution in [3.05, 3.63) is 65.2 Å². The molecule has 0 bridgehead atoms. The Morgan fingerprint density at radius 2 is 1.51 bits per heavy atom. The molecule has 0 saturated carbocycles. The van der Waals surface area contributed by atoms with E-state index in [1.165, 1.54) is 24.3 Å². The van der Waals surface area contributed by atoms with E-state index in [1.54, 1.807) is 24.3 Å². The largest absolute Gasteiger partial charge is 0.493 e. The summed E-state index contributed by atoms with van der Waals surface area (Å²) in [4.78, 5) is 43.6. The van der Waals surface area contributed by atoms with Crippen molar-refractivity contribution in [2.45, 2.75) is 18.6 Å². The number of carbonyl (C=O) groups is 4. The maximum Gasteiger partial charge on any atom is 0.490 e. The highest BCUT2D eigenvalue weighted by molar-refractivity contribution is 5.98. The Labute approximate surface area is 196 Å². The monoisotopic (exact) mass is 498 g/mol. The number of hydrogen-bond acceptors (Lipinski definition) is 6. The van der Waals surface area contributed by atoms with Gasteiger partial charge in [-0.25, -0.2) is 9.59 Å². The number of carbonyl (C=O) groups excluding carboxylic acids is 2. The molecule has 0 unspecified atom stereocenters. The first-order valence-electron chi connectivity index (χ1n) is 9.53. The van der Waals surface area contributed by atoms with Gasteiger partial charge in [-0.3, -0.25) is 15.0 Å². The highest BCUT2D eigenvalue weighted by Gasteiger charge is 2.38. The van der Waals surface area contributed by atoms with E-state index in [0.29, 0.717) is 11.3 Å². The molecule has 0 saturated heterocycles. The predicted molar refractivity (Wildman–Crippen MR) is 115 cm³/mol. The lowest BCUT2D eigenvalue weighted by molar-refractivity contribution is -0.192. The molecule has 2 rings (SSSR count). The van der Waals surface area contributed by atoms with Crippen LogP contribution in [0.25, 0.3) is 0 Å². The second-order valence-electron chi connectivity index (χ2n) is 6.69. The minimum absolute atomic E-state index is 0.0186. The Balaban J connectivity index is 0.000000762. The molecule has 0 aliphatic heterocycles. The molecule has 0 radical (unpaired) electrons. The smallest absolute Gasteiger partial charge is 0.490 e. The summed E-state index contributed by atoms with van der Waals surface area (Å²) in [5, 5.41) is 26.3. The van der Waals surface area contributed by atoms with E-state index in [1.807, 2.05) is 0 Å². The summed E-state index contributed by atoms with van der Waals surface area (Å²) in [5.74, 6) is -4.85. The number of nitrogens with two attached hydrogens (primary N) is 2. The first kappa shape index (κ1) is 28.4. The predicted octanol–water partition coefficient (Wildman–Crippen LogP) is 1.35. The van der Waals surface area contributed by atoms with Gasteiger partial charge in [-0.1, -0.05) is 12.1 Å². The molecule has 0 spiro atoms. The van der Waals surface area contributed by atoms with Crippen LogP contribution in [0.15, 0.2) is 48.5 Å². The highest BCUT2D eigenvalue weighted by atomic mass is 19.4. The first-order valence-corrected chi connectivity index (χ1v) is 9.53. The summed E-state index contributed by atoms with van der Waals surface area (Å²) in [6.07, 6.45) is -5.06. The molecule has 0 aliphatic carbocycles. The zero-order chi connectivity index (χ0) is 26.8. The summed E-state index contributed by atoms with van der Waals surface area (Å²) in [6.45, 7) is 0.0270. The summed E-state index contributed by atoms with van der Waals surface area (Å²) < 4.78 is 37.2. The number of nitrogen functional groups attached to an aromatic ring is 1. The quantitative estimate of drug-likeness (QED) is 0.219. The number of carboxylic acid groups (broad SMARTS) is 2. The minimum Gasteiger partial charge on any atom is -0.493 e. The number of alkyl halides is 3. The Bertz CT molecular complexity index is 1090. The SMILES string of the molecule is N=C(N)c1cccc(OCC[C@H](NC(=O)c2ccc(C(N)=O)cc2)C(=O)O)c1.O=C(O)C(F)(F)F. The number of ether oxygens (including phenoxy) is 1. The van der Waals surface area contributed by atoms with Crippen LogP contribution in [0.5, 0.6) is 5.75 Å². The van der Waals surface area contributed by atoms with E-state index >= 15 is 0 Å². The molecular weight excluding hydrogens is 477 g/mol. The molecule has 0 heterocycles. The van der Waals surface area contributed by atoms with Crippen molar-refractivity contribution in [3.8, 4) is 5.75 Å². The topological polar surface area (TPSA) is 206 Å². The van der Waals surface area contributed by atoms with Gasteiger partial charge in [-0.2, -0.15) is 13.2 Å². The standard InChI is InChI=1S/C19H20N4O5.C2HF3O2/c20-16(21)13-2-1-3-14(10-13)28-9-8-15(19(26)27)23-18(25)12-6-4-11(5-7-12)17(22)24;3-2(4,5)1(6)7/h1-7,10,15H,8-9H2,(H3,20,21)(H2,22,24)(H,23,25)(H,26,27);(H,6,7)/t15-;/m0./s1. The fourth-order valence-corrected chi connectivity index (χ4v) is 2.33. The molecule has 35 heavy (non-hydrogen) atoms. The molecule has 8 N–H and O–H groups in total. The van der Waals surface area contributed by atoms with E-state index < -0.39 is 36.0 Å². The molecule has 1 atom stereocenters. The third-order valence-electron chi connectivity index (χ3n) is 4.10. The van der Waals surface area contributed by atoms with Crippen LogP contribution >= 0.6 is 0 Å². The zero-order valence-electron chi connectivity index (χ0n) is 17.8. The molecule has 0 aromatic heterocycles. The molecule has 11 nitrogen and oxygen atoms in total. The van der Waals surface area contributed by atoms with Gasteiger partial charge in [0.05, 0.1) is 6.61 Å². The van der Waals surface area contributed by atoms with Crippen LogP contribution in [-0.4, -0.2) is 58.6 Å². The van der Waals surface area contributed by atoms with Crippen molar-refractivity contribution in [2.75, 3.05) is 6.61 Å².